The number of likely N-dealkylation sites (N-methyl/N-ethyl adjacent to an activating group) is 1. The summed E-state index contributed by atoms with van der Waals surface area (Å²) >= 11 is 0. The van der Waals surface area contributed by atoms with E-state index in [2.05, 4.69) is 17.1 Å². The van der Waals surface area contributed by atoms with E-state index in [0.717, 1.165) is 23.9 Å². The van der Waals surface area contributed by atoms with Gasteiger partial charge in [-0.25, -0.2) is 0 Å². The highest BCUT2D eigenvalue weighted by atomic mass is 15.3. The van der Waals surface area contributed by atoms with Crippen LogP contribution < -0.4 is 5.32 Å². The van der Waals surface area contributed by atoms with E-state index >= 15 is 0 Å². The first kappa shape index (κ1) is 9.17. The molecule has 2 aliphatic carbocycles. The molecule has 3 atom stereocenters. The first-order valence-corrected chi connectivity index (χ1v) is 6.35. The van der Waals surface area contributed by atoms with Gasteiger partial charge in [0.2, 0.25) is 0 Å². The van der Waals surface area contributed by atoms with Gasteiger partial charge in [0.05, 0.1) is 0 Å². The molecular weight excluding hydrogens is 172 g/mol. The summed E-state index contributed by atoms with van der Waals surface area (Å²) in [4.78, 5) is 2.79. The molecule has 14 heavy (non-hydrogen) atoms. The Balaban J connectivity index is 1.67. The lowest BCUT2D eigenvalue weighted by atomic mass is 9.92. The molecule has 3 aliphatic rings. The molecule has 3 unspecified atom stereocenters. The molecule has 3 rings (SSSR count). The first-order chi connectivity index (χ1) is 6.88. The van der Waals surface area contributed by atoms with Gasteiger partial charge in [-0.1, -0.05) is 13.3 Å². The number of nitrogens with one attached hydrogen (secondary N) is 1. The summed E-state index contributed by atoms with van der Waals surface area (Å²) in [6.45, 7) is 6.08. The topological polar surface area (TPSA) is 15.3 Å². The molecule has 3 fully saturated rings. The predicted molar refractivity (Wildman–Crippen MR) is 58.3 cm³/mol. The summed E-state index contributed by atoms with van der Waals surface area (Å²) in [5.41, 5.74) is 0. The van der Waals surface area contributed by atoms with Gasteiger partial charge < -0.3 is 5.32 Å². The fourth-order valence-electron chi connectivity index (χ4n) is 3.89. The van der Waals surface area contributed by atoms with Crippen molar-refractivity contribution in [1.29, 1.82) is 0 Å². The number of fused-ring (bicyclic) bond motifs is 2. The van der Waals surface area contributed by atoms with Crippen LogP contribution in [0.5, 0.6) is 0 Å². The average Bonchev–Trinajstić information content (AvgIpc) is 2.71. The maximum Gasteiger partial charge on any atom is 0.0348 e. The van der Waals surface area contributed by atoms with Crippen molar-refractivity contribution >= 4 is 0 Å². The molecule has 0 aromatic carbocycles. The number of hydrogen-bond acceptors (Lipinski definition) is 2. The second-order valence-electron chi connectivity index (χ2n) is 5.38. The Morgan fingerprint density at radius 3 is 2.50 bits per heavy atom. The third-order valence-electron chi connectivity index (χ3n) is 4.72. The van der Waals surface area contributed by atoms with Crippen molar-refractivity contribution in [3.63, 3.8) is 0 Å². The van der Waals surface area contributed by atoms with Crippen molar-refractivity contribution in [2.24, 2.45) is 11.8 Å². The summed E-state index contributed by atoms with van der Waals surface area (Å²) in [6.07, 6.45) is 6.10. The molecule has 1 N–H and O–H groups in total. The van der Waals surface area contributed by atoms with Crippen LogP contribution in [-0.2, 0) is 0 Å². The first-order valence-electron chi connectivity index (χ1n) is 6.35. The zero-order chi connectivity index (χ0) is 9.54. The van der Waals surface area contributed by atoms with Crippen molar-refractivity contribution in [2.45, 2.75) is 44.7 Å². The van der Waals surface area contributed by atoms with Gasteiger partial charge in [0.15, 0.2) is 0 Å². The Kier molecular flexibility index (Phi) is 2.29. The second kappa shape index (κ2) is 3.49. The van der Waals surface area contributed by atoms with Gasteiger partial charge in [-0.05, 0) is 37.6 Å². The molecule has 0 aromatic heterocycles. The maximum absolute atomic E-state index is 3.40. The van der Waals surface area contributed by atoms with Crippen LogP contribution in [0.2, 0.25) is 0 Å². The molecule has 2 saturated carbocycles. The van der Waals surface area contributed by atoms with Gasteiger partial charge in [0.25, 0.3) is 0 Å². The van der Waals surface area contributed by atoms with E-state index in [1.807, 2.05) is 0 Å². The van der Waals surface area contributed by atoms with Gasteiger partial charge >= 0.3 is 0 Å². The summed E-state index contributed by atoms with van der Waals surface area (Å²) in [5, 5.41) is 3.40. The molecule has 2 heteroatoms. The van der Waals surface area contributed by atoms with Gasteiger partial charge in [-0.2, -0.15) is 0 Å². The van der Waals surface area contributed by atoms with Crippen molar-refractivity contribution in [1.82, 2.24) is 10.2 Å². The highest BCUT2D eigenvalue weighted by molar-refractivity contribution is 4.98. The summed E-state index contributed by atoms with van der Waals surface area (Å²) in [6, 6.07) is 1.81. The molecule has 1 aliphatic heterocycles. The van der Waals surface area contributed by atoms with E-state index in [-0.39, 0.29) is 0 Å². The Bertz CT molecular complexity index is 212. The van der Waals surface area contributed by atoms with Crippen molar-refractivity contribution in [2.75, 3.05) is 19.6 Å². The smallest absolute Gasteiger partial charge is 0.0348 e. The van der Waals surface area contributed by atoms with Crippen molar-refractivity contribution < 1.29 is 0 Å². The minimum absolute atomic E-state index is 0.865. The Labute approximate surface area is 87.0 Å². The van der Waals surface area contributed by atoms with Crippen LogP contribution in [0, 0.1) is 11.8 Å². The largest absolute Gasteiger partial charge is 0.314 e. The third kappa shape index (κ3) is 1.31. The van der Waals surface area contributed by atoms with Gasteiger partial charge in [-0.15, -0.1) is 0 Å². The van der Waals surface area contributed by atoms with Crippen LogP contribution in [0.15, 0.2) is 0 Å². The zero-order valence-corrected chi connectivity index (χ0v) is 9.21. The summed E-state index contributed by atoms with van der Waals surface area (Å²) in [5.74, 6) is 2.15. The monoisotopic (exact) mass is 194 g/mol. The molecule has 1 heterocycles. The molecular formula is C12H22N2. The van der Waals surface area contributed by atoms with Crippen molar-refractivity contribution in [3.8, 4) is 0 Å². The van der Waals surface area contributed by atoms with Gasteiger partial charge in [0, 0.05) is 25.2 Å². The Morgan fingerprint density at radius 2 is 2.07 bits per heavy atom. The Morgan fingerprint density at radius 1 is 1.21 bits per heavy atom. The molecule has 1 saturated heterocycles. The van der Waals surface area contributed by atoms with E-state index in [4.69, 9.17) is 0 Å². The highest BCUT2D eigenvalue weighted by Crippen LogP contribution is 2.47. The van der Waals surface area contributed by atoms with E-state index in [1.54, 1.807) is 6.42 Å². The fourth-order valence-corrected chi connectivity index (χ4v) is 3.89. The van der Waals surface area contributed by atoms with Crippen LogP contribution in [0.4, 0.5) is 0 Å². The maximum atomic E-state index is 3.40. The molecule has 0 amide bonds. The minimum atomic E-state index is 0.865. The molecule has 0 radical (unpaired) electrons. The van der Waals surface area contributed by atoms with E-state index < -0.39 is 0 Å². The van der Waals surface area contributed by atoms with Crippen LogP contribution in [-0.4, -0.2) is 36.6 Å². The molecule has 0 spiro atoms. The molecule has 0 aromatic rings. The standard InChI is InChI=1S/C12H22N2/c1-2-14(11-7-13-8-11)12-6-9-3-4-10(12)5-9/h9-13H,2-8H2,1H3. The highest BCUT2D eigenvalue weighted by Gasteiger charge is 2.44. The van der Waals surface area contributed by atoms with Crippen LogP contribution in [0.3, 0.4) is 0 Å². The van der Waals surface area contributed by atoms with Crippen LogP contribution >= 0.6 is 0 Å². The van der Waals surface area contributed by atoms with E-state index in [1.165, 1.54) is 38.9 Å². The van der Waals surface area contributed by atoms with Crippen molar-refractivity contribution in [3.05, 3.63) is 0 Å². The summed E-state index contributed by atoms with van der Waals surface area (Å²) in [7, 11) is 0. The molecule has 2 bridgehead atoms. The lowest BCUT2D eigenvalue weighted by molar-refractivity contribution is 0.0697. The fraction of sp³-hybridized carbons (Fsp3) is 1.00. The van der Waals surface area contributed by atoms with Gasteiger partial charge in [-0.3, -0.25) is 4.90 Å². The second-order valence-corrected chi connectivity index (χ2v) is 5.38. The minimum Gasteiger partial charge on any atom is -0.314 e. The predicted octanol–water partition coefficient (Wildman–Crippen LogP) is 1.47. The number of hydrogen-bond donors (Lipinski definition) is 1. The normalized spacial score (nSPS) is 42.0. The van der Waals surface area contributed by atoms with Crippen LogP contribution in [0.1, 0.15) is 32.6 Å². The lowest BCUT2D eigenvalue weighted by Crippen LogP contribution is -2.60. The number of rotatable bonds is 3. The third-order valence-corrected chi connectivity index (χ3v) is 4.72. The van der Waals surface area contributed by atoms with E-state index in [9.17, 15) is 0 Å². The molecule has 2 nitrogen and oxygen atoms in total. The Hall–Kier alpha value is -0.0800. The van der Waals surface area contributed by atoms with E-state index in [0.29, 0.717) is 0 Å². The number of nitrogens with zero attached hydrogens (tertiary/aromatic N) is 1. The lowest BCUT2D eigenvalue weighted by Gasteiger charge is -2.44. The quantitative estimate of drug-likeness (QED) is 0.732. The van der Waals surface area contributed by atoms with Gasteiger partial charge in [0.1, 0.15) is 0 Å². The summed E-state index contributed by atoms with van der Waals surface area (Å²) < 4.78 is 0. The SMILES string of the molecule is CCN(C1CNC1)C1CC2CCC1C2. The average molecular weight is 194 g/mol. The van der Waals surface area contributed by atoms with Crippen LogP contribution in [0.25, 0.3) is 0 Å². The zero-order valence-electron chi connectivity index (χ0n) is 9.21. The molecule has 80 valence electrons.